The van der Waals surface area contributed by atoms with Crippen molar-refractivity contribution in [1.82, 2.24) is 14.3 Å². The molecule has 1 aromatic carbocycles. The van der Waals surface area contributed by atoms with Crippen LogP contribution in [-0.4, -0.2) is 24.5 Å². The summed E-state index contributed by atoms with van der Waals surface area (Å²) in [5.41, 5.74) is 1.71. The molecule has 2 aromatic rings. The van der Waals surface area contributed by atoms with E-state index in [1.54, 1.807) is 25.1 Å². The average molecular weight is 368 g/mol. The van der Waals surface area contributed by atoms with Crippen molar-refractivity contribution in [3.05, 3.63) is 46.5 Å². The minimum Gasteiger partial charge on any atom is -0.331 e. The van der Waals surface area contributed by atoms with Crippen molar-refractivity contribution in [2.75, 3.05) is 6.54 Å². The molecule has 0 aliphatic heterocycles. The minimum atomic E-state index is -3.54. The van der Waals surface area contributed by atoms with Gasteiger partial charge in [0.2, 0.25) is 10.0 Å². The first-order chi connectivity index (χ1) is 11.4. The monoisotopic (exact) mass is 367 g/mol. The zero-order valence-electron chi connectivity index (χ0n) is 13.9. The lowest BCUT2D eigenvalue weighted by atomic mass is 9.85. The van der Waals surface area contributed by atoms with Crippen LogP contribution in [0.5, 0.6) is 0 Å². The van der Waals surface area contributed by atoms with Gasteiger partial charge in [-0.2, -0.15) is 0 Å². The van der Waals surface area contributed by atoms with E-state index in [9.17, 15) is 8.42 Å². The van der Waals surface area contributed by atoms with E-state index in [2.05, 4.69) is 14.3 Å². The number of nitrogens with one attached hydrogen (secondary N) is 1. The normalized spacial score (nSPS) is 15.5. The Balaban J connectivity index is 1.69. The number of benzene rings is 1. The van der Waals surface area contributed by atoms with Crippen molar-refractivity contribution in [3.8, 4) is 0 Å². The third kappa shape index (κ3) is 3.50. The van der Waals surface area contributed by atoms with Crippen LogP contribution in [-0.2, 0) is 16.6 Å². The molecular formula is C17H22ClN3O2S. The maximum atomic E-state index is 12.5. The summed E-state index contributed by atoms with van der Waals surface area (Å²) in [4.78, 5) is 4.78. The van der Waals surface area contributed by atoms with Gasteiger partial charge in [-0.05, 0) is 50.5 Å². The van der Waals surface area contributed by atoms with Gasteiger partial charge >= 0.3 is 0 Å². The lowest BCUT2D eigenvalue weighted by molar-refractivity contribution is 0.385. The molecule has 7 heteroatoms. The largest absolute Gasteiger partial charge is 0.331 e. The first-order valence-corrected chi connectivity index (χ1v) is 10.0. The van der Waals surface area contributed by atoms with Gasteiger partial charge in [0.25, 0.3) is 0 Å². The van der Waals surface area contributed by atoms with Gasteiger partial charge in [-0.1, -0.05) is 18.0 Å². The Bertz CT molecular complexity index is 842. The second-order valence-electron chi connectivity index (χ2n) is 6.34. The summed E-state index contributed by atoms with van der Waals surface area (Å²) < 4.78 is 29.8. The quantitative estimate of drug-likeness (QED) is 0.851. The SMILES string of the molecule is Cc1cc(Cl)ccc1S(=O)(=O)NCCn1c(C)cnc1C1CCC1. The van der Waals surface area contributed by atoms with Crippen molar-refractivity contribution in [2.24, 2.45) is 0 Å². The predicted molar refractivity (Wildman–Crippen MR) is 94.9 cm³/mol. The third-order valence-electron chi connectivity index (χ3n) is 4.61. The highest BCUT2D eigenvalue weighted by Gasteiger charge is 2.25. The number of halogens is 1. The van der Waals surface area contributed by atoms with Gasteiger partial charge in [-0.25, -0.2) is 18.1 Å². The average Bonchev–Trinajstić information content (AvgIpc) is 2.78. The molecule has 130 valence electrons. The minimum absolute atomic E-state index is 0.272. The zero-order valence-corrected chi connectivity index (χ0v) is 15.5. The molecule has 0 radical (unpaired) electrons. The van der Waals surface area contributed by atoms with Crippen molar-refractivity contribution < 1.29 is 8.42 Å². The van der Waals surface area contributed by atoms with E-state index >= 15 is 0 Å². The Hall–Kier alpha value is -1.37. The summed E-state index contributed by atoms with van der Waals surface area (Å²) in [5.74, 6) is 1.61. The molecule has 0 saturated heterocycles. The molecule has 0 spiro atoms. The second kappa shape index (κ2) is 6.86. The van der Waals surface area contributed by atoms with Crippen LogP contribution < -0.4 is 4.72 Å². The van der Waals surface area contributed by atoms with Gasteiger partial charge in [-0.15, -0.1) is 0 Å². The lowest BCUT2D eigenvalue weighted by Crippen LogP contribution is -2.29. The number of aryl methyl sites for hydroxylation is 2. The Kier molecular flexibility index (Phi) is 4.99. The molecule has 1 aliphatic rings. The molecule has 24 heavy (non-hydrogen) atoms. The molecule has 0 amide bonds. The zero-order chi connectivity index (χ0) is 17.3. The molecule has 5 nitrogen and oxygen atoms in total. The maximum Gasteiger partial charge on any atom is 0.240 e. The van der Waals surface area contributed by atoms with Crippen molar-refractivity contribution >= 4 is 21.6 Å². The van der Waals surface area contributed by atoms with Crippen LogP contribution in [0.1, 0.15) is 42.3 Å². The number of nitrogens with zero attached hydrogens (tertiary/aromatic N) is 2. The van der Waals surface area contributed by atoms with Gasteiger partial charge in [0, 0.05) is 35.9 Å². The first-order valence-electron chi connectivity index (χ1n) is 8.16. The van der Waals surface area contributed by atoms with Gasteiger partial charge in [-0.3, -0.25) is 0 Å². The molecular weight excluding hydrogens is 346 g/mol. The fourth-order valence-electron chi connectivity index (χ4n) is 3.05. The summed E-state index contributed by atoms with van der Waals surface area (Å²) in [5, 5.41) is 0.533. The number of rotatable bonds is 6. The molecule has 0 bridgehead atoms. The fraction of sp³-hybridized carbons (Fsp3) is 0.471. The number of hydrogen-bond acceptors (Lipinski definition) is 3. The van der Waals surface area contributed by atoms with E-state index < -0.39 is 10.0 Å². The van der Waals surface area contributed by atoms with Gasteiger partial charge in [0.05, 0.1) is 4.90 Å². The molecule has 1 aliphatic carbocycles. The molecule has 1 aromatic heterocycles. The Morgan fingerprint density at radius 2 is 2.08 bits per heavy atom. The highest BCUT2D eigenvalue weighted by Crippen LogP contribution is 2.35. The van der Waals surface area contributed by atoms with E-state index in [0.717, 1.165) is 11.5 Å². The Morgan fingerprint density at radius 3 is 2.71 bits per heavy atom. The fourth-order valence-corrected chi connectivity index (χ4v) is 4.52. The van der Waals surface area contributed by atoms with E-state index in [0.29, 0.717) is 29.6 Å². The number of aromatic nitrogens is 2. The van der Waals surface area contributed by atoms with Crippen LogP contribution in [0.15, 0.2) is 29.3 Å². The smallest absolute Gasteiger partial charge is 0.240 e. The maximum absolute atomic E-state index is 12.5. The molecule has 1 fully saturated rings. The van der Waals surface area contributed by atoms with Crippen molar-refractivity contribution in [2.45, 2.75) is 50.5 Å². The van der Waals surface area contributed by atoms with Crippen molar-refractivity contribution in [1.29, 1.82) is 0 Å². The van der Waals surface area contributed by atoms with E-state index in [4.69, 9.17) is 11.6 Å². The summed E-state index contributed by atoms with van der Waals surface area (Å²) >= 11 is 5.90. The summed E-state index contributed by atoms with van der Waals surface area (Å²) in [7, 11) is -3.54. The second-order valence-corrected chi connectivity index (χ2v) is 8.52. The summed E-state index contributed by atoms with van der Waals surface area (Å²) in [6.45, 7) is 4.67. The summed E-state index contributed by atoms with van der Waals surface area (Å²) in [6, 6.07) is 4.80. The van der Waals surface area contributed by atoms with Crippen LogP contribution in [0.3, 0.4) is 0 Å². The first kappa shape index (κ1) is 17.5. The van der Waals surface area contributed by atoms with Crippen LogP contribution in [0.25, 0.3) is 0 Å². The third-order valence-corrected chi connectivity index (χ3v) is 6.47. The van der Waals surface area contributed by atoms with Crippen LogP contribution in [0.4, 0.5) is 0 Å². The lowest BCUT2D eigenvalue weighted by Gasteiger charge is -2.26. The standard InChI is InChI=1S/C17H22ClN3O2S/c1-12-10-15(18)6-7-16(12)24(22,23)20-8-9-21-13(2)11-19-17(21)14-4-3-5-14/h6-7,10-11,14,20H,3-5,8-9H2,1-2H3. The highest BCUT2D eigenvalue weighted by molar-refractivity contribution is 7.89. The van der Waals surface area contributed by atoms with Crippen LogP contribution >= 0.6 is 11.6 Å². The molecule has 0 unspecified atom stereocenters. The van der Waals surface area contributed by atoms with Crippen molar-refractivity contribution in [3.63, 3.8) is 0 Å². The van der Waals surface area contributed by atoms with Gasteiger partial charge < -0.3 is 4.57 Å². The van der Waals surface area contributed by atoms with E-state index in [1.165, 1.54) is 19.3 Å². The van der Waals surface area contributed by atoms with E-state index in [1.807, 2.05) is 13.1 Å². The number of sulfonamides is 1. The number of imidazole rings is 1. The molecule has 1 saturated carbocycles. The van der Waals surface area contributed by atoms with Crippen LogP contribution in [0.2, 0.25) is 5.02 Å². The predicted octanol–water partition coefficient (Wildman–Crippen LogP) is 3.40. The molecule has 0 atom stereocenters. The van der Waals surface area contributed by atoms with Gasteiger partial charge in [0.1, 0.15) is 5.82 Å². The van der Waals surface area contributed by atoms with Gasteiger partial charge in [0.15, 0.2) is 0 Å². The van der Waals surface area contributed by atoms with Crippen LogP contribution in [0, 0.1) is 13.8 Å². The highest BCUT2D eigenvalue weighted by atomic mass is 35.5. The Labute approximate surface area is 148 Å². The molecule has 1 heterocycles. The Morgan fingerprint density at radius 1 is 1.33 bits per heavy atom. The molecule has 1 N–H and O–H groups in total. The number of hydrogen-bond donors (Lipinski definition) is 1. The topological polar surface area (TPSA) is 64.0 Å². The summed E-state index contributed by atoms with van der Waals surface area (Å²) in [6.07, 6.45) is 5.46. The van der Waals surface area contributed by atoms with E-state index in [-0.39, 0.29) is 4.90 Å². The molecule has 3 rings (SSSR count).